The van der Waals surface area contributed by atoms with Gasteiger partial charge in [-0.15, -0.1) is 11.8 Å². The van der Waals surface area contributed by atoms with E-state index in [-0.39, 0.29) is 11.8 Å². The van der Waals surface area contributed by atoms with Crippen LogP contribution in [-0.4, -0.2) is 28.3 Å². The summed E-state index contributed by atoms with van der Waals surface area (Å²) < 4.78 is 13.4. The molecule has 2 aromatic rings. The van der Waals surface area contributed by atoms with Gasteiger partial charge in [0, 0.05) is 23.4 Å². The molecule has 0 saturated heterocycles. The summed E-state index contributed by atoms with van der Waals surface area (Å²) >= 11 is 1.37. The summed E-state index contributed by atoms with van der Waals surface area (Å²) in [5.74, 6) is 1.03. The second-order valence-corrected chi connectivity index (χ2v) is 5.62. The Bertz CT molecular complexity index is 638. The molecule has 116 valence electrons. The lowest BCUT2D eigenvalue weighted by molar-refractivity contribution is 0.241. The van der Waals surface area contributed by atoms with E-state index in [1.165, 1.54) is 17.8 Å². The Morgan fingerprint density at radius 2 is 2.09 bits per heavy atom. The number of thioether (sulfide) groups is 1. The average molecular weight is 320 g/mol. The van der Waals surface area contributed by atoms with Gasteiger partial charge < -0.3 is 10.6 Å². The maximum absolute atomic E-state index is 13.4. The number of rotatable bonds is 6. The molecular weight excluding hydrogens is 303 g/mol. The molecule has 1 heterocycles. The maximum Gasteiger partial charge on any atom is 0.315 e. The van der Waals surface area contributed by atoms with Crippen LogP contribution >= 0.6 is 11.8 Å². The van der Waals surface area contributed by atoms with Crippen molar-refractivity contribution >= 4 is 17.8 Å². The van der Waals surface area contributed by atoms with Crippen molar-refractivity contribution in [3.63, 3.8) is 0 Å². The molecule has 2 rings (SSSR count). The van der Waals surface area contributed by atoms with Crippen molar-refractivity contribution in [3.8, 4) is 0 Å². The molecule has 0 unspecified atom stereocenters. The number of urea groups is 1. The minimum absolute atomic E-state index is 0.240. The molecule has 1 aromatic heterocycles. The molecule has 0 bridgehead atoms. The Morgan fingerprint density at radius 1 is 1.27 bits per heavy atom. The molecule has 0 aliphatic rings. The van der Waals surface area contributed by atoms with Gasteiger partial charge in [-0.2, -0.15) is 0 Å². The third-order valence-electron chi connectivity index (χ3n) is 2.75. The Balaban J connectivity index is 1.65. The molecule has 0 aliphatic heterocycles. The van der Waals surface area contributed by atoms with Crippen molar-refractivity contribution in [2.75, 3.05) is 12.3 Å². The number of nitrogens with one attached hydrogen (secondary N) is 2. The number of carbonyl (C=O) groups is 1. The Labute approximate surface area is 132 Å². The molecule has 2 N–H and O–H groups in total. The highest BCUT2D eigenvalue weighted by Crippen LogP contribution is 2.20. The van der Waals surface area contributed by atoms with Gasteiger partial charge in [-0.25, -0.2) is 19.2 Å². The fourth-order valence-corrected chi connectivity index (χ4v) is 2.53. The zero-order chi connectivity index (χ0) is 15.8. The van der Waals surface area contributed by atoms with Gasteiger partial charge in [0.2, 0.25) is 0 Å². The van der Waals surface area contributed by atoms with Gasteiger partial charge in [-0.1, -0.05) is 12.1 Å². The first-order valence-electron chi connectivity index (χ1n) is 6.82. The summed E-state index contributed by atoms with van der Waals surface area (Å²) in [5, 5.41) is 5.43. The molecular formula is C15H17FN4OS. The van der Waals surface area contributed by atoms with Crippen molar-refractivity contribution in [2.45, 2.75) is 18.4 Å². The van der Waals surface area contributed by atoms with Crippen LogP contribution in [0.3, 0.4) is 0 Å². The van der Waals surface area contributed by atoms with Crippen molar-refractivity contribution in [1.82, 2.24) is 20.6 Å². The molecule has 0 atom stereocenters. The predicted molar refractivity (Wildman–Crippen MR) is 84.1 cm³/mol. The van der Waals surface area contributed by atoms with Gasteiger partial charge in [-0.05, 0) is 25.1 Å². The highest BCUT2D eigenvalue weighted by atomic mass is 32.2. The van der Waals surface area contributed by atoms with Crippen LogP contribution in [0.4, 0.5) is 9.18 Å². The molecule has 0 aliphatic carbocycles. The number of amides is 2. The smallest absolute Gasteiger partial charge is 0.315 e. The minimum Gasteiger partial charge on any atom is -0.337 e. The van der Waals surface area contributed by atoms with E-state index in [1.54, 1.807) is 37.4 Å². The highest BCUT2D eigenvalue weighted by Gasteiger charge is 2.03. The van der Waals surface area contributed by atoms with Gasteiger partial charge >= 0.3 is 6.03 Å². The lowest BCUT2D eigenvalue weighted by Gasteiger charge is -2.07. The Kier molecular flexibility index (Phi) is 6.14. The fourth-order valence-electron chi connectivity index (χ4n) is 1.72. The van der Waals surface area contributed by atoms with Gasteiger partial charge in [0.05, 0.1) is 12.2 Å². The zero-order valence-electron chi connectivity index (χ0n) is 12.2. The van der Waals surface area contributed by atoms with E-state index in [0.717, 1.165) is 5.69 Å². The number of benzene rings is 1. The van der Waals surface area contributed by atoms with Crippen LogP contribution in [0.5, 0.6) is 0 Å². The molecule has 7 heteroatoms. The van der Waals surface area contributed by atoms with Crippen LogP contribution in [0.1, 0.15) is 11.5 Å². The molecule has 1 aromatic carbocycles. The predicted octanol–water partition coefficient (Wildman–Crippen LogP) is 2.52. The van der Waals surface area contributed by atoms with E-state index < -0.39 is 0 Å². The van der Waals surface area contributed by atoms with Crippen LogP contribution in [-0.2, 0) is 6.54 Å². The first kappa shape index (κ1) is 16.2. The summed E-state index contributed by atoms with van der Waals surface area (Å²) in [4.78, 5) is 20.4. The van der Waals surface area contributed by atoms with E-state index in [0.29, 0.717) is 29.6 Å². The van der Waals surface area contributed by atoms with Crippen LogP contribution < -0.4 is 10.6 Å². The standard InChI is InChI=1S/C15H17FN4OS/c1-11-17-7-6-12(20-11)10-19-15(21)18-8-9-22-14-5-3-2-4-13(14)16/h2-7H,8-10H2,1H3,(H2,18,19,21). The Hall–Kier alpha value is -2.15. The fraction of sp³-hybridized carbons (Fsp3) is 0.267. The zero-order valence-corrected chi connectivity index (χ0v) is 13.0. The van der Waals surface area contributed by atoms with Crippen molar-refractivity contribution < 1.29 is 9.18 Å². The number of aryl methyl sites for hydroxylation is 1. The molecule has 0 fully saturated rings. The summed E-state index contributed by atoms with van der Waals surface area (Å²) in [6, 6.07) is 8.06. The number of carbonyl (C=O) groups excluding carboxylic acids is 1. The highest BCUT2D eigenvalue weighted by molar-refractivity contribution is 7.99. The van der Waals surface area contributed by atoms with E-state index in [1.807, 2.05) is 0 Å². The maximum atomic E-state index is 13.4. The normalized spacial score (nSPS) is 10.3. The summed E-state index contributed by atoms with van der Waals surface area (Å²) in [7, 11) is 0. The monoisotopic (exact) mass is 320 g/mol. The summed E-state index contributed by atoms with van der Waals surface area (Å²) in [6.45, 7) is 2.59. The topological polar surface area (TPSA) is 66.9 Å². The summed E-state index contributed by atoms with van der Waals surface area (Å²) in [6.07, 6.45) is 1.66. The molecule has 5 nitrogen and oxygen atoms in total. The SMILES string of the molecule is Cc1nccc(CNC(=O)NCCSc2ccccc2F)n1. The number of aromatic nitrogens is 2. The molecule has 0 spiro atoms. The van der Waals surface area contributed by atoms with Gasteiger partial charge in [-0.3, -0.25) is 0 Å². The van der Waals surface area contributed by atoms with Gasteiger partial charge in [0.15, 0.2) is 0 Å². The molecule has 0 radical (unpaired) electrons. The van der Waals surface area contributed by atoms with E-state index >= 15 is 0 Å². The second-order valence-electron chi connectivity index (χ2n) is 4.48. The quantitative estimate of drug-likeness (QED) is 0.634. The molecule has 0 saturated carbocycles. The second kappa shape index (κ2) is 8.33. The average Bonchev–Trinajstić information content (AvgIpc) is 2.51. The lowest BCUT2D eigenvalue weighted by Crippen LogP contribution is -2.36. The third kappa shape index (κ3) is 5.33. The van der Waals surface area contributed by atoms with Crippen molar-refractivity contribution in [1.29, 1.82) is 0 Å². The van der Waals surface area contributed by atoms with Crippen LogP contribution in [0.25, 0.3) is 0 Å². The van der Waals surface area contributed by atoms with Crippen LogP contribution in [0.2, 0.25) is 0 Å². The largest absolute Gasteiger partial charge is 0.337 e. The van der Waals surface area contributed by atoms with Crippen molar-refractivity contribution in [2.24, 2.45) is 0 Å². The van der Waals surface area contributed by atoms with E-state index in [4.69, 9.17) is 0 Å². The van der Waals surface area contributed by atoms with E-state index in [2.05, 4.69) is 20.6 Å². The van der Waals surface area contributed by atoms with Gasteiger partial charge in [0.25, 0.3) is 0 Å². The number of hydrogen-bond acceptors (Lipinski definition) is 4. The van der Waals surface area contributed by atoms with Crippen LogP contribution in [0.15, 0.2) is 41.4 Å². The lowest BCUT2D eigenvalue weighted by atomic mass is 10.3. The minimum atomic E-state index is -0.273. The summed E-state index contributed by atoms with van der Waals surface area (Å²) in [5.41, 5.74) is 0.753. The molecule has 22 heavy (non-hydrogen) atoms. The number of halogens is 1. The Morgan fingerprint density at radius 3 is 2.86 bits per heavy atom. The van der Waals surface area contributed by atoms with Crippen molar-refractivity contribution in [3.05, 3.63) is 53.9 Å². The van der Waals surface area contributed by atoms with E-state index in [9.17, 15) is 9.18 Å². The first-order chi connectivity index (χ1) is 10.6. The van der Waals surface area contributed by atoms with Crippen LogP contribution in [0, 0.1) is 12.7 Å². The number of hydrogen-bond donors (Lipinski definition) is 2. The van der Waals surface area contributed by atoms with Gasteiger partial charge in [0.1, 0.15) is 11.6 Å². The first-order valence-corrected chi connectivity index (χ1v) is 7.81. The molecule has 2 amide bonds. The number of nitrogens with zero attached hydrogens (tertiary/aromatic N) is 2. The third-order valence-corrected chi connectivity index (χ3v) is 3.80.